The summed E-state index contributed by atoms with van der Waals surface area (Å²) in [5.74, 6) is -1.07. The number of carbonyl (C=O) groups is 1. The topological polar surface area (TPSA) is 55.1 Å². The zero-order valence-electron chi connectivity index (χ0n) is 8.17. The van der Waals surface area contributed by atoms with Crippen LogP contribution >= 0.6 is 0 Å². The number of nitrogen functional groups attached to an aromatic ring is 1. The summed E-state index contributed by atoms with van der Waals surface area (Å²) in [5, 5.41) is 2.58. The molecule has 1 rings (SSSR count). The van der Waals surface area contributed by atoms with Gasteiger partial charge in [-0.1, -0.05) is 6.07 Å². The number of nitrogens with two attached hydrogens (primary N) is 1. The fourth-order valence-corrected chi connectivity index (χ4v) is 1.11. The van der Waals surface area contributed by atoms with E-state index in [2.05, 4.69) is 5.32 Å². The van der Waals surface area contributed by atoms with Crippen molar-refractivity contribution < 1.29 is 9.18 Å². The first-order valence-corrected chi connectivity index (χ1v) is 4.37. The molecule has 3 N–H and O–H groups in total. The molecule has 1 amide bonds. The fourth-order valence-electron chi connectivity index (χ4n) is 1.11. The maximum Gasteiger partial charge on any atom is 0.256 e. The third-order valence-corrected chi connectivity index (χ3v) is 1.69. The first-order valence-electron chi connectivity index (χ1n) is 4.37. The van der Waals surface area contributed by atoms with E-state index in [0.29, 0.717) is 0 Å². The normalized spacial score (nSPS) is 10.3. The molecule has 0 aliphatic carbocycles. The van der Waals surface area contributed by atoms with Crippen molar-refractivity contribution in [2.75, 3.05) is 5.73 Å². The van der Waals surface area contributed by atoms with Gasteiger partial charge in [-0.15, -0.1) is 0 Å². The molecule has 0 bridgehead atoms. The lowest BCUT2D eigenvalue weighted by Gasteiger charge is -2.10. The Labute approximate surface area is 82.1 Å². The standard InChI is InChI=1S/C10H13FN2O/c1-6(2)13-10(14)9-7(11)4-3-5-8(9)12/h3-6H,12H2,1-2H3,(H,13,14). The van der Waals surface area contributed by atoms with Gasteiger partial charge in [0.15, 0.2) is 0 Å². The van der Waals surface area contributed by atoms with Crippen LogP contribution in [0.1, 0.15) is 24.2 Å². The molecule has 0 saturated heterocycles. The average Bonchev–Trinajstić information content (AvgIpc) is 2.01. The third kappa shape index (κ3) is 2.22. The number of nitrogens with one attached hydrogen (secondary N) is 1. The monoisotopic (exact) mass is 196 g/mol. The van der Waals surface area contributed by atoms with Crippen LogP contribution < -0.4 is 11.1 Å². The molecule has 0 saturated carbocycles. The van der Waals surface area contributed by atoms with Crippen LogP contribution in [0.15, 0.2) is 18.2 Å². The Kier molecular flexibility index (Phi) is 3.06. The molecule has 0 aromatic heterocycles. The predicted octanol–water partition coefficient (Wildman–Crippen LogP) is 1.55. The molecule has 0 aliphatic heterocycles. The molecule has 0 fully saturated rings. The molecule has 1 aromatic rings. The molecule has 76 valence electrons. The number of rotatable bonds is 2. The van der Waals surface area contributed by atoms with Gasteiger partial charge in [-0.05, 0) is 26.0 Å². The molecular weight excluding hydrogens is 183 g/mol. The number of carbonyl (C=O) groups excluding carboxylic acids is 1. The molecule has 0 atom stereocenters. The van der Waals surface area contributed by atoms with Crippen LogP contribution in [-0.2, 0) is 0 Å². The zero-order chi connectivity index (χ0) is 10.7. The maximum atomic E-state index is 13.2. The molecule has 1 aromatic carbocycles. The van der Waals surface area contributed by atoms with Gasteiger partial charge in [-0.3, -0.25) is 4.79 Å². The minimum Gasteiger partial charge on any atom is -0.398 e. The van der Waals surface area contributed by atoms with Gasteiger partial charge in [0.1, 0.15) is 5.82 Å². The first-order chi connectivity index (χ1) is 6.52. The first kappa shape index (κ1) is 10.5. The van der Waals surface area contributed by atoms with Crippen molar-refractivity contribution in [1.82, 2.24) is 5.32 Å². The smallest absolute Gasteiger partial charge is 0.256 e. The van der Waals surface area contributed by atoms with Gasteiger partial charge >= 0.3 is 0 Å². The number of benzene rings is 1. The van der Waals surface area contributed by atoms with Crippen molar-refractivity contribution >= 4 is 11.6 Å². The summed E-state index contributed by atoms with van der Waals surface area (Å²) in [4.78, 5) is 11.5. The Balaban J connectivity index is 3.00. The van der Waals surface area contributed by atoms with Crippen LogP contribution in [0.2, 0.25) is 0 Å². The maximum absolute atomic E-state index is 13.2. The Hall–Kier alpha value is -1.58. The van der Waals surface area contributed by atoms with Crippen LogP contribution in [0.4, 0.5) is 10.1 Å². The lowest BCUT2D eigenvalue weighted by Crippen LogP contribution is -2.31. The van der Waals surface area contributed by atoms with Crippen molar-refractivity contribution in [3.8, 4) is 0 Å². The second-order valence-corrected chi connectivity index (χ2v) is 3.33. The molecule has 14 heavy (non-hydrogen) atoms. The van der Waals surface area contributed by atoms with Gasteiger partial charge in [0, 0.05) is 11.7 Å². The van der Waals surface area contributed by atoms with Crippen molar-refractivity contribution in [2.24, 2.45) is 0 Å². The lowest BCUT2D eigenvalue weighted by atomic mass is 10.1. The average molecular weight is 196 g/mol. The SMILES string of the molecule is CC(C)NC(=O)c1c(N)cccc1F. The van der Waals surface area contributed by atoms with Crippen molar-refractivity contribution in [3.05, 3.63) is 29.6 Å². The van der Waals surface area contributed by atoms with Gasteiger partial charge in [0.05, 0.1) is 5.56 Å². The number of anilines is 1. The van der Waals surface area contributed by atoms with Crippen LogP contribution in [0.25, 0.3) is 0 Å². The molecule has 3 nitrogen and oxygen atoms in total. The van der Waals surface area contributed by atoms with Gasteiger partial charge in [-0.2, -0.15) is 0 Å². The van der Waals surface area contributed by atoms with Gasteiger partial charge in [0.2, 0.25) is 0 Å². The summed E-state index contributed by atoms with van der Waals surface area (Å²) in [6.45, 7) is 3.60. The largest absolute Gasteiger partial charge is 0.398 e. The Bertz CT molecular complexity index is 330. The van der Waals surface area contributed by atoms with E-state index in [1.165, 1.54) is 18.2 Å². The highest BCUT2D eigenvalue weighted by Crippen LogP contribution is 2.15. The highest BCUT2D eigenvalue weighted by molar-refractivity contribution is 5.99. The van der Waals surface area contributed by atoms with Crippen LogP contribution in [0.5, 0.6) is 0 Å². The van der Waals surface area contributed by atoms with Crippen LogP contribution in [-0.4, -0.2) is 11.9 Å². The molecular formula is C10H13FN2O. The quantitative estimate of drug-likeness (QED) is 0.705. The molecule has 4 heteroatoms. The van der Waals surface area contributed by atoms with Crippen molar-refractivity contribution in [1.29, 1.82) is 0 Å². The Morgan fingerprint density at radius 3 is 2.64 bits per heavy atom. The second-order valence-electron chi connectivity index (χ2n) is 3.33. The van der Waals surface area contributed by atoms with Gasteiger partial charge in [0.25, 0.3) is 5.91 Å². The minimum atomic E-state index is -0.594. The molecule has 0 aliphatic rings. The molecule has 0 radical (unpaired) electrons. The minimum absolute atomic E-state index is 0.0403. The summed E-state index contributed by atoms with van der Waals surface area (Å²) in [5.41, 5.74) is 5.57. The number of halogens is 1. The van der Waals surface area contributed by atoms with E-state index in [1.807, 2.05) is 0 Å². The number of hydrogen-bond donors (Lipinski definition) is 2. The van der Waals surface area contributed by atoms with E-state index in [4.69, 9.17) is 5.73 Å². The van der Waals surface area contributed by atoms with E-state index >= 15 is 0 Å². The molecule has 0 unspecified atom stereocenters. The fraction of sp³-hybridized carbons (Fsp3) is 0.300. The van der Waals surface area contributed by atoms with E-state index in [0.717, 1.165) is 0 Å². The van der Waals surface area contributed by atoms with E-state index < -0.39 is 11.7 Å². The van der Waals surface area contributed by atoms with E-state index in [-0.39, 0.29) is 17.3 Å². The van der Waals surface area contributed by atoms with Crippen molar-refractivity contribution in [2.45, 2.75) is 19.9 Å². The number of hydrogen-bond acceptors (Lipinski definition) is 2. The summed E-state index contributed by atoms with van der Waals surface area (Å²) >= 11 is 0. The lowest BCUT2D eigenvalue weighted by molar-refractivity contribution is 0.0940. The molecule has 0 heterocycles. The Morgan fingerprint density at radius 1 is 1.50 bits per heavy atom. The van der Waals surface area contributed by atoms with E-state index in [9.17, 15) is 9.18 Å². The zero-order valence-corrected chi connectivity index (χ0v) is 8.17. The van der Waals surface area contributed by atoms with Crippen LogP contribution in [0, 0.1) is 5.82 Å². The Morgan fingerprint density at radius 2 is 2.14 bits per heavy atom. The van der Waals surface area contributed by atoms with Gasteiger partial charge < -0.3 is 11.1 Å². The number of amides is 1. The third-order valence-electron chi connectivity index (χ3n) is 1.69. The highest BCUT2D eigenvalue weighted by atomic mass is 19.1. The molecule has 0 spiro atoms. The second kappa shape index (κ2) is 4.09. The summed E-state index contributed by atoms with van der Waals surface area (Å²) in [7, 11) is 0. The summed E-state index contributed by atoms with van der Waals surface area (Å²) in [6.07, 6.45) is 0. The highest BCUT2D eigenvalue weighted by Gasteiger charge is 2.15. The summed E-state index contributed by atoms with van der Waals surface area (Å²) < 4.78 is 13.2. The van der Waals surface area contributed by atoms with Crippen LogP contribution in [0.3, 0.4) is 0 Å². The van der Waals surface area contributed by atoms with Crippen molar-refractivity contribution in [3.63, 3.8) is 0 Å². The van der Waals surface area contributed by atoms with Gasteiger partial charge in [-0.25, -0.2) is 4.39 Å². The predicted molar refractivity (Wildman–Crippen MR) is 53.4 cm³/mol. The summed E-state index contributed by atoms with van der Waals surface area (Å²) in [6, 6.07) is 4.14. The van der Waals surface area contributed by atoms with E-state index in [1.54, 1.807) is 13.8 Å².